The Morgan fingerprint density at radius 3 is 3.20 bits per heavy atom. The summed E-state index contributed by atoms with van der Waals surface area (Å²) in [6, 6.07) is 5.77. The lowest BCUT2D eigenvalue weighted by Gasteiger charge is -2.31. The highest BCUT2D eigenvalue weighted by atomic mass is 15.3. The predicted molar refractivity (Wildman–Crippen MR) is 60.6 cm³/mol. The third-order valence-electron chi connectivity index (χ3n) is 3.13. The lowest BCUT2D eigenvalue weighted by Crippen LogP contribution is -2.33. The summed E-state index contributed by atoms with van der Waals surface area (Å²) in [5, 5.41) is 4.40. The number of pyridine rings is 1. The molecule has 3 heteroatoms. The molecule has 0 radical (unpaired) electrons. The lowest BCUT2D eigenvalue weighted by atomic mass is 9.74. The van der Waals surface area contributed by atoms with Crippen molar-refractivity contribution in [2.45, 2.75) is 12.8 Å². The fourth-order valence-electron chi connectivity index (χ4n) is 2.22. The van der Waals surface area contributed by atoms with Crippen molar-refractivity contribution in [2.75, 3.05) is 5.43 Å². The Kier molecular flexibility index (Phi) is 2.02. The minimum absolute atomic E-state index is 0.598. The zero-order valence-electron chi connectivity index (χ0n) is 8.43. The summed E-state index contributed by atoms with van der Waals surface area (Å²) < 4.78 is 0. The molecule has 2 atom stereocenters. The van der Waals surface area contributed by atoms with Gasteiger partial charge in [-0.25, -0.2) is 4.98 Å². The summed E-state index contributed by atoms with van der Waals surface area (Å²) >= 11 is 0. The molecule has 2 unspecified atom stereocenters. The van der Waals surface area contributed by atoms with Gasteiger partial charge in [0.2, 0.25) is 0 Å². The van der Waals surface area contributed by atoms with Crippen molar-refractivity contribution >= 4 is 11.5 Å². The molecule has 2 aliphatic carbocycles. The van der Waals surface area contributed by atoms with Gasteiger partial charge in [-0.3, -0.25) is 5.43 Å². The van der Waals surface area contributed by atoms with Crippen LogP contribution in [0.25, 0.3) is 0 Å². The van der Waals surface area contributed by atoms with Gasteiger partial charge in [0.05, 0.1) is 0 Å². The lowest BCUT2D eigenvalue weighted by molar-refractivity contribution is 0.447. The van der Waals surface area contributed by atoms with E-state index in [9.17, 15) is 0 Å². The van der Waals surface area contributed by atoms with Gasteiger partial charge in [-0.2, -0.15) is 5.10 Å². The number of rotatable bonds is 2. The maximum absolute atomic E-state index is 4.40. The summed E-state index contributed by atoms with van der Waals surface area (Å²) in [5.74, 6) is 2.24. The Morgan fingerprint density at radius 1 is 1.40 bits per heavy atom. The average Bonchev–Trinajstić information content (AvgIpc) is 2.62. The van der Waals surface area contributed by atoms with Crippen molar-refractivity contribution in [1.29, 1.82) is 0 Å². The number of aromatic nitrogens is 1. The summed E-state index contributed by atoms with van der Waals surface area (Å²) in [6.45, 7) is 0. The van der Waals surface area contributed by atoms with E-state index in [1.54, 1.807) is 6.20 Å². The third-order valence-corrected chi connectivity index (χ3v) is 3.13. The second-order valence-corrected chi connectivity index (χ2v) is 4.08. The smallest absolute Gasteiger partial charge is 0.146 e. The number of hydrazone groups is 1. The summed E-state index contributed by atoms with van der Waals surface area (Å²) in [6.07, 6.45) is 8.66. The zero-order chi connectivity index (χ0) is 10.1. The number of allylic oxidation sites excluding steroid dienone is 2. The molecule has 2 aliphatic rings. The molecule has 3 nitrogen and oxygen atoms in total. The molecule has 1 N–H and O–H groups in total. The van der Waals surface area contributed by atoms with Crippen LogP contribution in [0.3, 0.4) is 0 Å². The van der Waals surface area contributed by atoms with E-state index in [0.29, 0.717) is 5.92 Å². The number of fused-ring (bicyclic) bond motifs is 1. The molecule has 0 spiro atoms. The highest BCUT2D eigenvalue weighted by Crippen LogP contribution is 2.40. The van der Waals surface area contributed by atoms with Crippen LogP contribution in [0.4, 0.5) is 5.82 Å². The molecule has 1 aromatic rings. The molecular formula is C12H13N3. The van der Waals surface area contributed by atoms with Crippen LogP contribution < -0.4 is 5.43 Å². The normalized spacial score (nSPS) is 30.0. The molecular weight excluding hydrogens is 186 g/mol. The van der Waals surface area contributed by atoms with Crippen molar-refractivity contribution in [2.24, 2.45) is 16.9 Å². The molecule has 1 fully saturated rings. The first kappa shape index (κ1) is 8.65. The number of hydrogen-bond donors (Lipinski definition) is 1. The average molecular weight is 199 g/mol. The highest BCUT2D eigenvalue weighted by molar-refractivity contribution is 5.95. The Labute approximate surface area is 88.9 Å². The Hall–Kier alpha value is -1.64. The fraction of sp³-hybridized carbons (Fsp3) is 0.333. The first-order valence-corrected chi connectivity index (χ1v) is 5.33. The van der Waals surface area contributed by atoms with Crippen LogP contribution in [-0.2, 0) is 0 Å². The Morgan fingerprint density at radius 2 is 2.40 bits per heavy atom. The Bertz CT molecular complexity index is 408. The van der Waals surface area contributed by atoms with E-state index in [2.05, 4.69) is 27.7 Å². The van der Waals surface area contributed by atoms with E-state index in [1.165, 1.54) is 12.1 Å². The van der Waals surface area contributed by atoms with Gasteiger partial charge in [0.1, 0.15) is 5.82 Å². The van der Waals surface area contributed by atoms with Gasteiger partial charge in [-0.05, 0) is 30.9 Å². The van der Waals surface area contributed by atoms with Gasteiger partial charge in [-0.15, -0.1) is 0 Å². The molecule has 1 saturated carbocycles. The summed E-state index contributed by atoms with van der Waals surface area (Å²) in [5.41, 5.74) is 4.27. The van der Waals surface area contributed by atoms with Crippen LogP contribution in [0.5, 0.6) is 0 Å². The molecule has 0 saturated heterocycles. The maximum Gasteiger partial charge on any atom is 0.146 e. The van der Waals surface area contributed by atoms with Crippen LogP contribution in [-0.4, -0.2) is 10.7 Å². The topological polar surface area (TPSA) is 37.3 Å². The van der Waals surface area contributed by atoms with Crippen LogP contribution in [0, 0.1) is 11.8 Å². The third kappa shape index (κ3) is 1.54. The van der Waals surface area contributed by atoms with Gasteiger partial charge < -0.3 is 0 Å². The molecule has 1 heterocycles. The standard InChI is InChI=1S/C12H13N3/c1-2-7-13-12(6-1)15-14-11-8-9-4-3-5-10(9)11/h1-3,5-7,9-10H,4,8H2,(H,13,15). The number of hydrogen-bond acceptors (Lipinski definition) is 3. The molecule has 0 amide bonds. The molecule has 0 aliphatic heterocycles. The molecule has 0 aromatic carbocycles. The van der Waals surface area contributed by atoms with E-state index < -0.39 is 0 Å². The van der Waals surface area contributed by atoms with Gasteiger partial charge in [0.15, 0.2) is 0 Å². The van der Waals surface area contributed by atoms with E-state index in [0.717, 1.165) is 18.2 Å². The minimum atomic E-state index is 0.598. The first-order valence-electron chi connectivity index (χ1n) is 5.33. The molecule has 1 aromatic heterocycles. The number of nitrogens with one attached hydrogen (secondary N) is 1. The van der Waals surface area contributed by atoms with Gasteiger partial charge in [0.25, 0.3) is 0 Å². The molecule has 0 bridgehead atoms. The van der Waals surface area contributed by atoms with Crippen LogP contribution in [0.15, 0.2) is 41.6 Å². The van der Waals surface area contributed by atoms with Crippen molar-refractivity contribution in [3.63, 3.8) is 0 Å². The monoisotopic (exact) mass is 199 g/mol. The number of anilines is 1. The summed E-state index contributed by atoms with van der Waals surface area (Å²) in [4.78, 5) is 4.16. The van der Waals surface area contributed by atoms with Crippen LogP contribution in [0.1, 0.15) is 12.8 Å². The summed E-state index contributed by atoms with van der Waals surface area (Å²) in [7, 11) is 0. The van der Waals surface area contributed by atoms with E-state index >= 15 is 0 Å². The second-order valence-electron chi connectivity index (χ2n) is 4.08. The second kappa shape index (κ2) is 3.50. The van der Waals surface area contributed by atoms with Crippen molar-refractivity contribution in [3.8, 4) is 0 Å². The highest BCUT2D eigenvalue weighted by Gasteiger charge is 2.37. The predicted octanol–water partition coefficient (Wildman–Crippen LogP) is 2.45. The fourth-order valence-corrected chi connectivity index (χ4v) is 2.22. The zero-order valence-corrected chi connectivity index (χ0v) is 8.43. The maximum atomic E-state index is 4.40. The van der Waals surface area contributed by atoms with Crippen LogP contribution >= 0.6 is 0 Å². The first-order chi connectivity index (χ1) is 7.43. The SMILES string of the molecule is C1=CC2C(=NNc3ccccn3)CC2C1. The quantitative estimate of drug-likeness (QED) is 0.586. The van der Waals surface area contributed by atoms with E-state index in [-0.39, 0.29) is 0 Å². The van der Waals surface area contributed by atoms with Crippen molar-refractivity contribution in [3.05, 3.63) is 36.5 Å². The van der Waals surface area contributed by atoms with Crippen molar-refractivity contribution in [1.82, 2.24) is 4.98 Å². The molecule has 15 heavy (non-hydrogen) atoms. The Balaban J connectivity index is 1.67. The minimum Gasteiger partial charge on any atom is -0.261 e. The van der Waals surface area contributed by atoms with E-state index in [1.807, 2.05) is 18.2 Å². The number of nitrogens with zero attached hydrogens (tertiary/aromatic N) is 2. The van der Waals surface area contributed by atoms with Gasteiger partial charge in [0, 0.05) is 17.8 Å². The van der Waals surface area contributed by atoms with Gasteiger partial charge in [-0.1, -0.05) is 18.2 Å². The van der Waals surface area contributed by atoms with E-state index in [4.69, 9.17) is 0 Å². The molecule has 3 rings (SSSR count). The van der Waals surface area contributed by atoms with Crippen molar-refractivity contribution < 1.29 is 0 Å². The largest absolute Gasteiger partial charge is 0.261 e. The van der Waals surface area contributed by atoms with Crippen LogP contribution in [0.2, 0.25) is 0 Å². The molecule has 76 valence electrons. The van der Waals surface area contributed by atoms with Gasteiger partial charge >= 0.3 is 0 Å².